The van der Waals surface area contributed by atoms with Crippen molar-refractivity contribution in [3.63, 3.8) is 0 Å². The number of carbonyl (C=O) groups is 1. The van der Waals surface area contributed by atoms with E-state index in [9.17, 15) is 4.79 Å². The molecule has 2 N–H and O–H groups in total. The summed E-state index contributed by atoms with van der Waals surface area (Å²) in [6.07, 6.45) is -0.125. The van der Waals surface area contributed by atoms with Crippen molar-refractivity contribution in [3.05, 3.63) is 63.7 Å². The lowest BCUT2D eigenvalue weighted by atomic mass is 9.43. The summed E-state index contributed by atoms with van der Waals surface area (Å²) in [5, 5.41) is 9.43. The average Bonchev–Trinajstić information content (AvgIpc) is 2.65. The second kappa shape index (κ2) is 6.83. The van der Waals surface area contributed by atoms with Crippen LogP contribution in [0.5, 0.6) is 5.75 Å². The Kier molecular flexibility index (Phi) is 4.59. The van der Waals surface area contributed by atoms with Gasteiger partial charge < -0.3 is 10.5 Å². The SMILES string of the molecule is [2H]Cc1c(C(N)=O)cccc1C1C(C)(C)C(Oc2ccc(C#N)c(Cl)c2)C1(C)C. The van der Waals surface area contributed by atoms with Crippen LogP contribution in [0.25, 0.3) is 0 Å². The smallest absolute Gasteiger partial charge is 0.248 e. The fourth-order valence-corrected chi connectivity index (χ4v) is 5.34. The van der Waals surface area contributed by atoms with Crippen LogP contribution < -0.4 is 10.5 Å². The molecule has 1 fully saturated rings. The third kappa shape index (κ3) is 3.04. The Bertz CT molecular complexity index is 994. The number of nitriles is 1. The quantitative estimate of drug-likeness (QED) is 0.768. The monoisotopic (exact) mass is 397 g/mol. The highest BCUT2D eigenvalue weighted by Crippen LogP contribution is 2.65. The number of nitrogens with zero attached hydrogens (tertiary/aromatic N) is 1. The number of ether oxygens (including phenoxy) is 1. The van der Waals surface area contributed by atoms with E-state index in [0.717, 1.165) is 5.56 Å². The number of hydrogen-bond acceptors (Lipinski definition) is 3. The van der Waals surface area contributed by atoms with Gasteiger partial charge in [-0.1, -0.05) is 51.4 Å². The highest BCUT2D eigenvalue weighted by molar-refractivity contribution is 6.31. The lowest BCUT2D eigenvalue weighted by Gasteiger charge is -2.63. The minimum atomic E-state index is -0.510. The third-order valence-electron chi connectivity index (χ3n) is 5.94. The number of amides is 1. The van der Waals surface area contributed by atoms with Crippen molar-refractivity contribution in [1.82, 2.24) is 0 Å². The summed E-state index contributed by atoms with van der Waals surface area (Å²) in [6, 6.07) is 12.6. The van der Waals surface area contributed by atoms with Gasteiger partial charge in [-0.3, -0.25) is 4.79 Å². The molecule has 0 aromatic heterocycles. The molecule has 1 aliphatic rings. The maximum Gasteiger partial charge on any atom is 0.248 e. The number of nitrogens with two attached hydrogens (primary N) is 1. The van der Waals surface area contributed by atoms with E-state index in [2.05, 4.69) is 27.7 Å². The molecule has 5 heteroatoms. The van der Waals surface area contributed by atoms with Gasteiger partial charge in [-0.05, 0) is 36.2 Å². The highest BCUT2D eigenvalue weighted by Gasteiger charge is 2.64. The van der Waals surface area contributed by atoms with Crippen LogP contribution >= 0.6 is 11.6 Å². The Morgan fingerprint density at radius 1 is 1.25 bits per heavy atom. The molecule has 1 amide bonds. The molecule has 0 atom stereocenters. The molecule has 0 bridgehead atoms. The van der Waals surface area contributed by atoms with Crippen LogP contribution in [0.15, 0.2) is 36.4 Å². The van der Waals surface area contributed by atoms with E-state index < -0.39 is 5.91 Å². The van der Waals surface area contributed by atoms with Crippen LogP contribution in [-0.2, 0) is 0 Å². The standard InChI is InChI=1S/C23H25ClN2O2/c1-13-16(7-6-8-17(13)20(26)27)19-22(2,3)21(23(19,4)5)28-15-10-9-14(12-25)18(24)11-15/h6-11,19,21H,1-5H3,(H2,26,27)/i1D. The number of primary amides is 1. The minimum absolute atomic E-state index is 0.00609. The summed E-state index contributed by atoms with van der Waals surface area (Å²) in [4.78, 5) is 11.9. The number of rotatable bonds is 4. The van der Waals surface area contributed by atoms with E-state index in [0.29, 0.717) is 27.5 Å². The van der Waals surface area contributed by atoms with Gasteiger partial charge in [-0.25, -0.2) is 0 Å². The van der Waals surface area contributed by atoms with Crippen molar-refractivity contribution in [2.75, 3.05) is 0 Å². The molecule has 0 spiro atoms. The number of benzene rings is 2. The Morgan fingerprint density at radius 3 is 2.46 bits per heavy atom. The molecule has 28 heavy (non-hydrogen) atoms. The van der Waals surface area contributed by atoms with Crippen molar-refractivity contribution in [3.8, 4) is 11.8 Å². The van der Waals surface area contributed by atoms with E-state index in [1.54, 1.807) is 24.3 Å². The van der Waals surface area contributed by atoms with Crippen molar-refractivity contribution in [1.29, 1.82) is 5.26 Å². The van der Waals surface area contributed by atoms with E-state index in [-0.39, 0.29) is 29.8 Å². The molecule has 0 heterocycles. The van der Waals surface area contributed by atoms with Crippen molar-refractivity contribution in [2.24, 2.45) is 16.6 Å². The Morgan fingerprint density at radius 2 is 1.93 bits per heavy atom. The van der Waals surface area contributed by atoms with Gasteiger partial charge in [-0.2, -0.15) is 5.26 Å². The minimum Gasteiger partial charge on any atom is -0.489 e. The fourth-order valence-electron chi connectivity index (χ4n) is 5.13. The predicted molar refractivity (Wildman–Crippen MR) is 111 cm³/mol. The highest BCUT2D eigenvalue weighted by atomic mass is 35.5. The zero-order chi connectivity index (χ0) is 21.6. The maximum atomic E-state index is 11.9. The van der Waals surface area contributed by atoms with Gasteiger partial charge in [0, 0.05) is 29.7 Å². The molecule has 0 saturated heterocycles. The summed E-state index contributed by atoms with van der Waals surface area (Å²) < 4.78 is 14.3. The first-order chi connectivity index (χ1) is 13.6. The van der Waals surface area contributed by atoms with Gasteiger partial charge in [-0.15, -0.1) is 0 Å². The first kappa shape index (κ1) is 18.8. The van der Waals surface area contributed by atoms with E-state index in [1.165, 1.54) is 0 Å². The third-order valence-corrected chi connectivity index (χ3v) is 6.26. The van der Waals surface area contributed by atoms with E-state index in [1.807, 2.05) is 18.2 Å². The van der Waals surface area contributed by atoms with Crippen LogP contribution in [0.3, 0.4) is 0 Å². The van der Waals surface area contributed by atoms with Gasteiger partial charge in [0.1, 0.15) is 17.9 Å². The summed E-state index contributed by atoms with van der Waals surface area (Å²) in [6.45, 7) is 8.51. The topological polar surface area (TPSA) is 76.1 Å². The first-order valence-electron chi connectivity index (χ1n) is 9.83. The summed E-state index contributed by atoms with van der Waals surface area (Å²) in [5.41, 5.74) is 7.50. The van der Waals surface area contributed by atoms with Crippen LogP contribution in [0.1, 0.15) is 62.0 Å². The molecular formula is C23H25ClN2O2. The van der Waals surface area contributed by atoms with Gasteiger partial charge in [0.15, 0.2) is 0 Å². The molecule has 0 unspecified atom stereocenters. The largest absolute Gasteiger partial charge is 0.489 e. The van der Waals surface area contributed by atoms with E-state index in [4.69, 9.17) is 28.7 Å². The molecule has 4 nitrogen and oxygen atoms in total. The fraction of sp³-hybridized carbons (Fsp3) is 0.391. The molecule has 0 radical (unpaired) electrons. The molecule has 2 aromatic rings. The molecular weight excluding hydrogens is 372 g/mol. The van der Waals surface area contributed by atoms with Crippen LogP contribution in [0, 0.1) is 29.1 Å². The van der Waals surface area contributed by atoms with Crippen LogP contribution in [0.4, 0.5) is 0 Å². The van der Waals surface area contributed by atoms with Crippen molar-refractivity contribution in [2.45, 2.75) is 46.6 Å². The van der Waals surface area contributed by atoms with Gasteiger partial charge >= 0.3 is 0 Å². The molecule has 146 valence electrons. The molecule has 0 aliphatic heterocycles. The maximum absolute atomic E-state index is 11.9. The summed E-state index contributed by atoms with van der Waals surface area (Å²) >= 11 is 6.16. The average molecular weight is 398 g/mol. The predicted octanol–water partition coefficient (Wildman–Crippen LogP) is 5.22. The zero-order valence-electron chi connectivity index (χ0n) is 17.5. The second-order valence-corrected chi connectivity index (χ2v) is 8.97. The number of hydrogen-bond donors (Lipinski definition) is 1. The molecule has 1 aliphatic carbocycles. The van der Waals surface area contributed by atoms with Gasteiger partial charge in [0.05, 0.1) is 10.6 Å². The zero-order valence-corrected chi connectivity index (χ0v) is 17.3. The van der Waals surface area contributed by atoms with Gasteiger partial charge in [0.25, 0.3) is 0 Å². The summed E-state index contributed by atoms with van der Waals surface area (Å²) in [5.74, 6) is 0.183. The number of halogens is 1. The van der Waals surface area contributed by atoms with Crippen molar-refractivity contribution >= 4 is 17.5 Å². The lowest BCUT2D eigenvalue weighted by molar-refractivity contribution is -0.160. The van der Waals surface area contributed by atoms with Crippen LogP contribution in [-0.4, -0.2) is 12.0 Å². The summed E-state index contributed by atoms with van der Waals surface area (Å²) in [7, 11) is 0. The lowest BCUT2D eigenvalue weighted by Crippen LogP contribution is -2.64. The first-order valence-corrected chi connectivity index (χ1v) is 9.50. The normalized spacial score (nSPS) is 22.5. The van der Waals surface area contributed by atoms with Crippen LogP contribution in [0.2, 0.25) is 5.02 Å². The van der Waals surface area contributed by atoms with E-state index >= 15 is 0 Å². The Hall–Kier alpha value is -2.51. The van der Waals surface area contributed by atoms with Gasteiger partial charge in [0.2, 0.25) is 5.91 Å². The Labute approximate surface area is 172 Å². The molecule has 2 aromatic carbocycles. The second-order valence-electron chi connectivity index (χ2n) is 8.56. The Balaban J connectivity index is 1.98. The molecule has 3 rings (SSSR count). The molecule has 1 saturated carbocycles. The van der Waals surface area contributed by atoms with Crippen molar-refractivity contribution < 1.29 is 10.9 Å². The number of carbonyl (C=O) groups excluding carboxylic acids is 1.